The van der Waals surface area contributed by atoms with Gasteiger partial charge in [-0.2, -0.15) is 4.99 Å². The van der Waals surface area contributed by atoms with E-state index in [0.717, 1.165) is 66.5 Å². The van der Waals surface area contributed by atoms with Crippen molar-refractivity contribution in [2.45, 2.75) is 69.9 Å². The van der Waals surface area contributed by atoms with Crippen LogP contribution in [0.4, 0.5) is 0 Å². The van der Waals surface area contributed by atoms with E-state index in [1.165, 1.54) is 0 Å². The number of Topliss-reactive ketones (excluding diaryl/α,β-unsaturated/α-hetero) is 1. The molecule has 174 valence electrons. The van der Waals surface area contributed by atoms with Crippen LogP contribution in [0.3, 0.4) is 0 Å². The van der Waals surface area contributed by atoms with Gasteiger partial charge in [-0.15, -0.1) is 0 Å². The topological polar surface area (TPSA) is 81.8 Å². The van der Waals surface area contributed by atoms with Gasteiger partial charge in [-0.25, -0.2) is 4.79 Å². The molecule has 2 aromatic carbocycles. The summed E-state index contributed by atoms with van der Waals surface area (Å²) in [5, 5.41) is 0. The lowest BCUT2D eigenvalue weighted by Crippen LogP contribution is -2.47. The van der Waals surface area contributed by atoms with E-state index in [4.69, 9.17) is 10.5 Å². The minimum absolute atomic E-state index is 0.197. The number of isocyanates is 1. The predicted molar refractivity (Wildman–Crippen MR) is 130 cm³/mol. The lowest BCUT2D eigenvalue weighted by atomic mass is 9.75. The molecule has 2 atom stereocenters. The van der Waals surface area contributed by atoms with E-state index in [1.54, 1.807) is 13.2 Å². The van der Waals surface area contributed by atoms with Crippen molar-refractivity contribution in [3.8, 4) is 0 Å². The molecule has 1 fully saturated rings. The summed E-state index contributed by atoms with van der Waals surface area (Å²) in [7, 11) is 1.63. The van der Waals surface area contributed by atoms with Gasteiger partial charge in [0, 0.05) is 6.42 Å². The molecule has 0 bridgehead atoms. The van der Waals surface area contributed by atoms with Crippen molar-refractivity contribution in [2.24, 2.45) is 10.7 Å². The maximum atomic E-state index is 11.9. The SMILES string of the molecule is COC1=CCCC[C@]1(N=C=O)c1ccccc1C.Cc1ccccc1[C@@]1(N)CCCCC1=O. The van der Waals surface area contributed by atoms with Crippen LogP contribution in [-0.4, -0.2) is 19.0 Å². The molecule has 0 heterocycles. The molecular weight excluding hydrogens is 412 g/mol. The number of nitrogens with two attached hydrogens (primary N) is 1. The number of ether oxygens (including phenoxy) is 1. The molecule has 33 heavy (non-hydrogen) atoms. The number of rotatable bonds is 4. The van der Waals surface area contributed by atoms with Gasteiger partial charge in [0.2, 0.25) is 6.08 Å². The molecule has 5 nitrogen and oxygen atoms in total. The molecule has 2 N–H and O–H groups in total. The van der Waals surface area contributed by atoms with E-state index in [2.05, 4.69) is 4.99 Å². The Morgan fingerprint density at radius 2 is 1.58 bits per heavy atom. The Balaban J connectivity index is 0.000000189. The largest absolute Gasteiger partial charge is 0.498 e. The first-order valence-electron chi connectivity index (χ1n) is 11.7. The van der Waals surface area contributed by atoms with Crippen LogP contribution in [0, 0.1) is 13.8 Å². The number of aliphatic imine (C=N–C) groups is 1. The fourth-order valence-electron chi connectivity index (χ4n) is 5.10. The smallest absolute Gasteiger partial charge is 0.236 e. The Hall–Kier alpha value is -3.01. The van der Waals surface area contributed by atoms with Crippen LogP contribution in [0.2, 0.25) is 0 Å². The van der Waals surface area contributed by atoms with Crippen molar-refractivity contribution in [3.63, 3.8) is 0 Å². The van der Waals surface area contributed by atoms with Crippen molar-refractivity contribution in [1.29, 1.82) is 0 Å². The first-order valence-corrected chi connectivity index (χ1v) is 11.7. The first kappa shape index (κ1) is 24.6. The molecular formula is C28H34N2O3. The number of hydrogen-bond donors (Lipinski definition) is 1. The summed E-state index contributed by atoms with van der Waals surface area (Å²) in [5.74, 6) is 0.953. The van der Waals surface area contributed by atoms with Crippen LogP contribution in [0.15, 0.2) is 65.4 Å². The second kappa shape index (κ2) is 10.7. The number of hydrogen-bond acceptors (Lipinski definition) is 5. The van der Waals surface area contributed by atoms with Crippen molar-refractivity contribution in [3.05, 3.63) is 82.6 Å². The van der Waals surface area contributed by atoms with Crippen LogP contribution >= 0.6 is 0 Å². The van der Waals surface area contributed by atoms with Crippen LogP contribution < -0.4 is 5.73 Å². The van der Waals surface area contributed by atoms with Gasteiger partial charge in [0.25, 0.3) is 0 Å². The molecule has 0 unspecified atom stereocenters. The number of carbonyl (C=O) groups excluding carboxylic acids is 2. The number of nitrogens with zero attached hydrogens (tertiary/aromatic N) is 1. The summed E-state index contributed by atoms with van der Waals surface area (Å²) >= 11 is 0. The van der Waals surface area contributed by atoms with Gasteiger partial charge in [-0.05, 0) is 74.3 Å². The summed E-state index contributed by atoms with van der Waals surface area (Å²) in [6.07, 6.45) is 9.95. The van der Waals surface area contributed by atoms with Crippen LogP contribution in [0.25, 0.3) is 0 Å². The summed E-state index contributed by atoms with van der Waals surface area (Å²) in [6, 6.07) is 15.9. The Labute approximate surface area is 196 Å². The first-order chi connectivity index (χ1) is 15.9. The third-order valence-electron chi connectivity index (χ3n) is 6.88. The molecule has 0 saturated heterocycles. The van der Waals surface area contributed by atoms with Crippen LogP contribution in [-0.2, 0) is 25.4 Å². The van der Waals surface area contributed by atoms with Gasteiger partial charge in [-0.1, -0.05) is 55.0 Å². The van der Waals surface area contributed by atoms with Gasteiger partial charge >= 0.3 is 0 Å². The Morgan fingerprint density at radius 3 is 2.15 bits per heavy atom. The molecule has 2 aliphatic rings. The Morgan fingerprint density at radius 1 is 0.939 bits per heavy atom. The molecule has 0 spiro atoms. The zero-order chi connectivity index (χ0) is 23.9. The summed E-state index contributed by atoms with van der Waals surface area (Å²) < 4.78 is 5.46. The molecule has 0 aromatic heterocycles. The van der Waals surface area contributed by atoms with Gasteiger partial charge < -0.3 is 10.5 Å². The summed E-state index contributed by atoms with van der Waals surface area (Å²) in [4.78, 5) is 26.9. The number of aryl methyl sites for hydroxylation is 2. The molecule has 0 aliphatic heterocycles. The highest BCUT2D eigenvalue weighted by molar-refractivity contribution is 5.90. The number of methoxy groups -OCH3 is 1. The molecule has 1 saturated carbocycles. The van der Waals surface area contributed by atoms with Crippen molar-refractivity contribution in [1.82, 2.24) is 0 Å². The monoisotopic (exact) mass is 446 g/mol. The third kappa shape index (κ3) is 5.00. The van der Waals surface area contributed by atoms with Crippen molar-refractivity contribution in [2.75, 3.05) is 7.11 Å². The third-order valence-corrected chi connectivity index (χ3v) is 6.88. The van der Waals surface area contributed by atoms with Gasteiger partial charge in [-0.3, -0.25) is 4.79 Å². The molecule has 0 radical (unpaired) electrons. The van der Waals surface area contributed by atoms with Gasteiger partial charge in [0.15, 0.2) is 11.3 Å². The lowest BCUT2D eigenvalue weighted by Gasteiger charge is -2.34. The number of ketones is 1. The number of carbonyl (C=O) groups is 1. The zero-order valence-corrected chi connectivity index (χ0v) is 19.9. The van der Waals surface area contributed by atoms with Gasteiger partial charge in [0.1, 0.15) is 11.3 Å². The standard InChI is InChI=1S/C15H17NO2.C13H17NO/c1-12-7-3-4-8-13(12)15(16-11-17)10-6-5-9-14(15)18-2;1-10-6-2-3-7-11(10)13(14)9-5-4-8-12(13)15/h3-4,7-9H,5-6,10H2,1-2H3;2-3,6-7H,4-5,8-9,14H2,1H3/t15-;13-/m00/s1. The summed E-state index contributed by atoms with van der Waals surface area (Å²) in [6.45, 7) is 4.05. The lowest BCUT2D eigenvalue weighted by molar-refractivity contribution is -0.126. The number of benzene rings is 2. The van der Waals surface area contributed by atoms with Crippen LogP contribution in [0.5, 0.6) is 0 Å². The molecule has 2 aromatic rings. The molecule has 5 heteroatoms. The van der Waals surface area contributed by atoms with E-state index in [-0.39, 0.29) is 5.78 Å². The quantitative estimate of drug-likeness (QED) is 0.494. The predicted octanol–water partition coefficient (Wildman–Crippen LogP) is 5.53. The highest BCUT2D eigenvalue weighted by atomic mass is 16.5. The summed E-state index contributed by atoms with van der Waals surface area (Å²) in [5.41, 5.74) is 9.15. The van der Waals surface area contributed by atoms with E-state index >= 15 is 0 Å². The molecule has 4 rings (SSSR count). The highest BCUT2D eigenvalue weighted by Crippen LogP contribution is 2.43. The van der Waals surface area contributed by atoms with E-state index in [9.17, 15) is 9.59 Å². The van der Waals surface area contributed by atoms with Gasteiger partial charge in [0.05, 0.1) is 7.11 Å². The number of allylic oxidation sites excluding steroid dienone is 1. The fourth-order valence-corrected chi connectivity index (χ4v) is 5.10. The maximum absolute atomic E-state index is 11.9. The second-order valence-electron chi connectivity index (χ2n) is 8.96. The molecule has 2 aliphatic carbocycles. The maximum Gasteiger partial charge on any atom is 0.236 e. The average molecular weight is 447 g/mol. The second-order valence-corrected chi connectivity index (χ2v) is 8.96. The average Bonchev–Trinajstić information content (AvgIpc) is 2.82. The minimum Gasteiger partial charge on any atom is -0.498 e. The van der Waals surface area contributed by atoms with E-state index in [1.807, 2.05) is 68.5 Å². The van der Waals surface area contributed by atoms with Crippen molar-refractivity contribution >= 4 is 11.9 Å². The van der Waals surface area contributed by atoms with Crippen LogP contribution in [0.1, 0.15) is 67.2 Å². The highest BCUT2D eigenvalue weighted by Gasteiger charge is 2.40. The fraction of sp³-hybridized carbons (Fsp3) is 0.429. The zero-order valence-electron chi connectivity index (χ0n) is 19.9. The normalized spacial score (nSPS) is 24.6. The Kier molecular flexibility index (Phi) is 8.01. The molecule has 0 amide bonds. The van der Waals surface area contributed by atoms with E-state index < -0.39 is 11.1 Å². The minimum atomic E-state index is -0.719. The van der Waals surface area contributed by atoms with E-state index in [0.29, 0.717) is 6.42 Å². The van der Waals surface area contributed by atoms with Crippen molar-refractivity contribution < 1.29 is 14.3 Å². The Bertz CT molecular complexity index is 1070.